The number of benzene rings is 1. The first kappa shape index (κ1) is 17.0. The minimum absolute atomic E-state index is 0.189. The summed E-state index contributed by atoms with van der Waals surface area (Å²) in [4.78, 5) is 11.2. The third-order valence-corrected chi connectivity index (χ3v) is 3.08. The molecule has 0 saturated heterocycles. The number of hydrogen-bond donors (Lipinski definition) is 1. The van der Waals surface area contributed by atoms with Gasteiger partial charge in [0, 0.05) is 18.7 Å². The highest BCUT2D eigenvalue weighted by atomic mass is 32.2. The molecule has 0 bridgehead atoms. The number of nitrogens with one attached hydrogen (secondary N) is 1. The highest BCUT2D eigenvalue weighted by molar-refractivity contribution is 7.93. The Labute approximate surface area is 124 Å². The van der Waals surface area contributed by atoms with E-state index >= 15 is 0 Å². The Morgan fingerprint density at radius 2 is 2.00 bits per heavy atom. The first-order chi connectivity index (χ1) is 9.76. The molecule has 0 fully saturated rings. The zero-order valence-electron chi connectivity index (χ0n) is 12.5. The van der Waals surface area contributed by atoms with Crippen LogP contribution in [0.1, 0.15) is 19.4 Å². The van der Waals surface area contributed by atoms with Crippen LogP contribution in [0.15, 0.2) is 23.6 Å². The lowest BCUT2D eigenvalue weighted by atomic mass is 10.1. The van der Waals surface area contributed by atoms with Crippen molar-refractivity contribution >= 4 is 21.4 Å². The zero-order valence-corrected chi connectivity index (χ0v) is 13.3. The van der Waals surface area contributed by atoms with E-state index in [0.29, 0.717) is 23.7 Å². The van der Waals surface area contributed by atoms with E-state index in [1.54, 1.807) is 18.2 Å². The second kappa shape index (κ2) is 7.12. The predicted octanol–water partition coefficient (Wildman–Crippen LogP) is 1.57. The van der Waals surface area contributed by atoms with E-state index in [-0.39, 0.29) is 11.6 Å². The van der Waals surface area contributed by atoms with Crippen molar-refractivity contribution in [2.75, 3.05) is 20.0 Å². The zero-order chi connectivity index (χ0) is 16.0. The molecule has 1 rings (SSSR count). The molecule has 0 heterocycles. The van der Waals surface area contributed by atoms with Crippen LogP contribution in [0.4, 0.5) is 0 Å². The Bertz CT molecular complexity index is 649. The van der Waals surface area contributed by atoms with E-state index in [1.165, 1.54) is 14.0 Å². The Balaban J connectivity index is 3.34. The Hall–Kier alpha value is -2.02. The fraction of sp³-hybridized carbons (Fsp3) is 0.357. The van der Waals surface area contributed by atoms with Gasteiger partial charge in [0.05, 0.1) is 24.8 Å². The Kier molecular flexibility index (Phi) is 5.78. The number of carbonyl (C=O) groups excluding carboxylic acids is 1. The molecule has 0 spiro atoms. The van der Waals surface area contributed by atoms with Crippen LogP contribution in [0.5, 0.6) is 11.5 Å². The van der Waals surface area contributed by atoms with Crippen molar-refractivity contribution in [3.05, 3.63) is 29.2 Å². The highest BCUT2D eigenvalue weighted by Crippen LogP contribution is 2.30. The van der Waals surface area contributed by atoms with Crippen LogP contribution >= 0.6 is 0 Å². The van der Waals surface area contributed by atoms with Crippen molar-refractivity contribution in [1.82, 2.24) is 5.32 Å². The molecular formula is C14H19NO5S. The van der Waals surface area contributed by atoms with Gasteiger partial charge in [-0.2, -0.15) is 0 Å². The molecule has 0 unspecified atom stereocenters. The molecule has 0 radical (unpaired) electrons. The summed E-state index contributed by atoms with van der Waals surface area (Å²) in [5.74, 6) is 0.642. The summed E-state index contributed by atoms with van der Waals surface area (Å²) >= 11 is 0. The normalized spacial score (nSPS) is 11.9. The quantitative estimate of drug-likeness (QED) is 0.862. The van der Waals surface area contributed by atoms with Crippen molar-refractivity contribution in [3.63, 3.8) is 0 Å². The monoisotopic (exact) mass is 313 g/mol. The topological polar surface area (TPSA) is 81.7 Å². The second-order valence-electron chi connectivity index (χ2n) is 4.34. The van der Waals surface area contributed by atoms with Crippen LogP contribution in [0, 0.1) is 0 Å². The first-order valence-corrected chi connectivity index (χ1v) is 8.22. The summed E-state index contributed by atoms with van der Waals surface area (Å²) in [6.07, 6.45) is 1.06. The molecule has 1 amide bonds. The number of methoxy groups -OCH3 is 1. The molecular weight excluding hydrogens is 294 g/mol. The van der Waals surface area contributed by atoms with Gasteiger partial charge in [0.1, 0.15) is 0 Å². The van der Waals surface area contributed by atoms with Crippen LogP contribution in [-0.4, -0.2) is 34.3 Å². The largest absolute Gasteiger partial charge is 0.493 e. The molecule has 1 N–H and O–H groups in total. The number of hydrogen-bond acceptors (Lipinski definition) is 5. The molecule has 21 heavy (non-hydrogen) atoms. The number of carbonyl (C=O) groups is 1. The van der Waals surface area contributed by atoms with Gasteiger partial charge in [-0.1, -0.05) is 0 Å². The maximum absolute atomic E-state index is 11.4. The molecule has 0 aromatic heterocycles. The number of ether oxygens (including phenoxy) is 2. The molecule has 7 heteroatoms. The Morgan fingerprint density at radius 1 is 1.33 bits per heavy atom. The number of rotatable bonds is 6. The molecule has 0 aliphatic carbocycles. The van der Waals surface area contributed by atoms with Crippen molar-refractivity contribution in [2.24, 2.45) is 0 Å². The van der Waals surface area contributed by atoms with Gasteiger partial charge >= 0.3 is 0 Å². The SMILES string of the molecule is CCOc1cc(C(=CS(C)(=O)=O)NC(C)=O)ccc1OC. The highest BCUT2D eigenvalue weighted by Gasteiger charge is 2.12. The van der Waals surface area contributed by atoms with E-state index < -0.39 is 9.84 Å². The third kappa shape index (κ3) is 5.47. The number of amides is 1. The lowest BCUT2D eigenvalue weighted by Gasteiger charge is -2.13. The second-order valence-corrected chi connectivity index (χ2v) is 6.24. The molecule has 1 aromatic carbocycles. The summed E-state index contributed by atoms with van der Waals surface area (Å²) in [6.45, 7) is 3.57. The summed E-state index contributed by atoms with van der Waals surface area (Å²) in [5.41, 5.74) is 0.702. The van der Waals surface area contributed by atoms with Gasteiger partial charge in [0.15, 0.2) is 21.3 Å². The fourth-order valence-electron chi connectivity index (χ4n) is 1.69. The van der Waals surface area contributed by atoms with Crippen LogP contribution < -0.4 is 14.8 Å². The lowest BCUT2D eigenvalue weighted by Crippen LogP contribution is -2.19. The van der Waals surface area contributed by atoms with Crippen LogP contribution in [0.25, 0.3) is 5.70 Å². The van der Waals surface area contributed by atoms with Crippen molar-refractivity contribution in [3.8, 4) is 11.5 Å². The van der Waals surface area contributed by atoms with E-state index in [1.807, 2.05) is 6.92 Å². The average molecular weight is 313 g/mol. The van der Waals surface area contributed by atoms with Crippen LogP contribution in [0.2, 0.25) is 0 Å². The molecule has 0 atom stereocenters. The minimum atomic E-state index is -3.41. The molecule has 1 aromatic rings. The fourth-order valence-corrected chi connectivity index (χ4v) is 2.31. The molecule has 0 aliphatic rings. The predicted molar refractivity (Wildman–Crippen MR) is 80.8 cm³/mol. The van der Waals surface area contributed by atoms with Gasteiger partial charge < -0.3 is 14.8 Å². The standard InChI is InChI=1S/C14H19NO5S/c1-5-20-14-8-11(6-7-13(14)19-3)12(15-10(2)16)9-21(4,17)18/h6-9H,5H2,1-4H3,(H,15,16). The molecule has 6 nitrogen and oxygen atoms in total. The van der Waals surface area contributed by atoms with Crippen LogP contribution in [-0.2, 0) is 14.6 Å². The molecule has 0 aliphatic heterocycles. The van der Waals surface area contributed by atoms with Crippen molar-refractivity contribution < 1.29 is 22.7 Å². The number of sulfone groups is 1. The molecule has 116 valence electrons. The van der Waals surface area contributed by atoms with Crippen LogP contribution in [0.3, 0.4) is 0 Å². The van der Waals surface area contributed by atoms with E-state index in [0.717, 1.165) is 11.7 Å². The first-order valence-electron chi connectivity index (χ1n) is 6.27. The van der Waals surface area contributed by atoms with Crippen molar-refractivity contribution in [1.29, 1.82) is 0 Å². The average Bonchev–Trinajstić information content (AvgIpc) is 2.36. The maximum Gasteiger partial charge on any atom is 0.221 e. The summed E-state index contributed by atoms with van der Waals surface area (Å²) < 4.78 is 33.5. The van der Waals surface area contributed by atoms with E-state index in [4.69, 9.17) is 9.47 Å². The Morgan fingerprint density at radius 3 is 2.48 bits per heavy atom. The van der Waals surface area contributed by atoms with Crippen molar-refractivity contribution in [2.45, 2.75) is 13.8 Å². The van der Waals surface area contributed by atoms with E-state index in [9.17, 15) is 13.2 Å². The van der Waals surface area contributed by atoms with Gasteiger partial charge in [-0.15, -0.1) is 0 Å². The van der Waals surface area contributed by atoms with Gasteiger partial charge in [-0.25, -0.2) is 8.42 Å². The molecule has 0 saturated carbocycles. The third-order valence-electron chi connectivity index (χ3n) is 2.42. The van der Waals surface area contributed by atoms with Gasteiger partial charge in [0.25, 0.3) is 0 Å². The van der Waals surface area contributed by atoms with Gasteiger partial charge in [0.2, 0.25) is 5.91 Å². The lowest BCUT2D eigenvalue weighted by molar-refractivity contribution is -0.117. The summed E-state index contributed by atoms with van der Waals surface area (Å²) in [7, 11) is -1.89. The smallest absolute Gasteiger partial charge is 0.221 e. The van der Waals surface area contributed by atoms with Gasteiger partial charge in [-0.05, 0) is 25.1 Å². The van der Waals surface area contributed by atoms with Gasteiger partial charge in [-0.3, -0.25) is 4.79 Å². The summed E-state index contributed by atoms with van der Waals surface area (Å²) in [5, 5.41) is 3.51. The summed E-state index contributed by atoms with van der Waals surface area (Å²) in [6, 6.07) is 4.92. The minimum Gasteiger partial charge on any atom is -0.493 e. The van der Waals surface area contributed by atoms with E-state index in [2.05, 4.69) is 5.32 Å². The maximum atomic E-state index is 11.4.